The van der Waals surface area contributed by atoms with Gasteiger partial charge in [-0.15, -0.1) is 11.3 Å². The van der Waals surface area contributed by atoms with Crippen LogP contribution in [0.25, 0.3) is 10.2 Å². The van der Waals surface area contributed by atoms with E-state index in [1.165, 1.54) is 4.70 Å². The molecule has 0 aliphatic carbocycles. The predicted molar refractivity (Wildman–Crippen MR) is 111 cm³/mol. The largest absolute Gasteiger partial charge is 0.457 e. The van der Waals surface area contributed by atoms with Crippen molar-refractivity contribution in [3.63, 3.8) is 0 Å². The van der Waals surface area contributed by atoms with Crippen molar-refractivity contribution in [2.75, 3.05) is 11.9 Å². The first kappa shape index (κ1) is 19.3. The number of aromatic nitrogens is 1. The number of para-hydroxylation sites is 1. The first-order valence-corrected chi connectivity index (χ1v) is 10.4. The standard InChI is InChI=1S/C22H20N2O4S/c25-18(14-9-10-16-15(11-14)12-20(26)23-16)13-28-22(27)8-4-3-7-21-24-17-5-1-2-6-19(17)29-21/h1-2,5-6,9-11H,3-4,7-8,12-13H2,(H,23,26). The number of Topliss-reactive ketones (excluding diaryl/α,β-unsaturated/α-hetero) is 1. The third kappa shape index (κ3) is 4.68. The Morgan fingerprint density at radius 3 is 2.86 bits per heavy atom. The fourth-order valence-electron chi connectivity index (χ4n) is 3.28. The van der Waals surface area contributed by atoms with Crippen molar-refractivity contribution < 1.29 is 19.1 Å². The van der Waals surface area contributed by atoms with Crippen LogP contribution in [0, 0.1) is 0 Å². The van der Waals surface area contributed by atoms with Crippen LogP contribution in [0.2, 0.25) is 0 Å². The smallest absolute Gasteiger partial charge is 0.306 e. The van der Waals surface area contributed by atoms with Crippen LogP contribution in [0.3, 0.4) is 0 Å². The number of esters is 1. The molecule has 1 N–H and O–H groups in total. The molecule has 0 saturated carbocycles. The zero-order valence-electron chi connectivity index (χ0n) is 15.8. The summed E-state index contributed by atoms with van der Waals surface area (Å²) in [6.45, 7) is -0.281. The number of ether oxygens (including phenoxy) is 1. The maximum Gasteiger partial charge on any atom is 0.306 e. The Hall–Kier alpha value is -3.06. The number of benzene rings is 2. The van der Waals surface area contributed by atoms with Gasteiger partial charge in [0.1, 0.15) is 0 Å². The summed E-state index contributed by atoms with van der Waals surface area (Å²) >= 11 is 1.68. The number of carbonyl (C=O) groups excluding carboxylic acids is 3. The van der Waals surface area contributed by atoms with Gasteiger partial charge in [0.2, 0.25) is 5.91 Å². The number of nitrogens with zero attached hydrogens (tertiary/aromatic N) is 1. The molecule has 0 fully saturated rings. The third-order valence-electron chi connectivity index (χ3n) is 4.78. The van der Waals surface area contributed by atoms with E-state index in [0.29, 0.717) is 12.0 Å². The van der Waals surface area contributed by atoms with E-state index in [1.54, 1.807) is 29.5 Å². The Morgan fingerprint density at radius 2 is 2.00 bits per heavy atom. The van der Waals surface area contributed by atoms with Crippen LogP contribution in [0.1, 0.15) is 40.2 Å². The zero-order chi connectivity index (χ0) is 20.2. The van der Waals surface area contributed by atoms with Crippen molar-refractivity contribution in [3.05, 3.63) is 58.6 Å². The lowest BCUT2D eigenvalue weighted by Gasteiger charge is -2.06. The Morgan fingerprint density at radius 1 is 1.14 bits per heavy atom. The molecule has 1 aromatic heterocycles. The fraction of sp³-hybridized carbons (Fsp3) is 0.273. The number of anilines is 1. The number of hydrogen-bond acceptors (Lipinski definition) is 6. The van der Waals surface area contributed by atoms with Crippen molar-refractivity contribution in [3.8, 4) is 0 Å². The minimum Gasteiger partial charge on any atom is -0.457 e. The molecule has 3 aromatic rings. The summed E-state index contributed by atoms with van der Waals surface area (Å²) in [6.07, 6.45) is 2.91. The van der Waals surface area contributed by atoms with Crippen LogP contribution in [0.5, 0.6) is 0 Å². The molecule has 0 radical (unpaired) electrons. The lowest BCUT2D eigenvalue weighted by molar-refractivity contribution is -0.142. The average Bonchev–Trinajstić information content (AvgIpc) is 3.30. The van der Waals surface area contributed by atoms with Crippen LogP contribution in [0.4, 0.5) is 5.69 Å². The van der Waals surface area contributed by atoms with Crippen molar-refractivity contribution in [1.29, 1.82) is 0 Å². The zero-order valence-corrected chi connectivity index (χ0v) is 16.6. The molecular weight excluding hydrogens is 388 g/mol. The lowest BCUT2D eigenvalue weighted by atomic mass is 10.1. The van der Waals surface area contributed by atoms with Crippen molar-refractivity contribution >= 4 is 44.9 Å². The highest BCUT2D eigenvalue weighted by atomic mass is 32.1. The van der Waals surface area contributed by atoms with Gasteiger partial charge < -0.3 is 10.1 Å². The van der Waals surface area contributed by atoms with Crippen LogP contribution in [-0.4, -0.2) is 29.3 Å². The highest BCUT2D eigenvalue weighted by Crippen LogP contribution is 2.24. The third-order valence-corrected chi connectivity index (χ3v) is 5.87. The fourth-order valence-corrected chi connectivity index (χ4v) is 4.29. The number of fused-ring (bicyclic) bond motifs is 2. The van der Waals surface area contributed by atoms with Gasteiger partial charge in [-0.2, -0.15) is 0 Å². The van der Waals surface area contributed by atoms with Crippen LogP contribution in [-0.2, 0) is 27.2 Å². The van der Waals surface area contributed by atoms with Crippen molar-refractivity contribution in [1.82, 2.24) is 4.98 Å². The van der Waals surface area contributed by atoms with Gasteiger partial charge in [0.15, 0.2) is 12.4 Å². The second-order valence-corrected chi connectivity index (χ2v) is 8.08. The van der Waals surface area contributed by atoms with Crippen LogP contribution >= 0.6 is 11.3 Å². The maximum absolute atomic E-state index is 12.2. The summed E-state index contributed by atoms with van der Waals surface area (Å²) in [4.78, 5) is 40.1. The van der Waals surface area contributed by atoms with E-state index in [-0.39, 0.29) is 37.1 Å². The van der Waals surface area contributed by atoms with Crippen molar-refractivity contribution in [2.24, 2.45) is 0 Å². The minimum absolute atomic E-state index is 0.0816. The number of carbonyl (C=O) groups is 3. The number of ketones is 1. The van der Waals surface area contributed by atoms with E-state index in [4.69, 9.17) is 4.74 Å². The highest BCUT2D eigenvalue weighted by Gasteiger charge is 2.19. The Labute approximate surface area is 171 Å². The number of aryl methyl sites for hydroxylation is 1. The van der Waals surface area contributed by atoms with Gasteiger partial charge in [0, 0.05) is 17.7 Å². The van der Waals surface area contributed by atoms with E-state index < -0.39 is 0 Å². The first-order valence-electron chi connectivity index (χ1n) is 9.54. The summed E-state index contributed by atoms with van der Waals surface area (Å²) in [5, 5.41) is 3.79. The van der Waals surface area contributed by atoms with Gasteiger partial charge in [-0.25, -0.2) is 4.98 Å². The summed E-state index contributed by atoms with van der Waals surface area (Å²) in [6, 6.07) is 13.1. The number of nitrogens with one attached hydrogen (secondary N) is 1. The van der Waals surface area contributed by atoms with Gasteiger partial charge in [0.25, 0.3) is 0 Å². The lowest BCUT2D eigenvalue weighted by Crippen LogP contribution is -2.14. The number of thiazole rings is 1. The van der Waals surface area contributed by atoms with E-state index >= 15 is 0 Å². The molecule has 1 amide bonds. The SMILES string of the molecule is O=C1Cc2cc(C(=O)COC(=O)CCCCc3nc4ccccc4s3)ccc2N1. The molecule has 6 nitrogen and oxygen atoms in total. The van der Waals surface area contributed by atoms with Gasteiger partial charge in [-0.05, 0) is 55.2 Å². The molecule has 0 unspecified atom stereocenters. The molecule has 0 saturated heterocycles. The Balaban J connectivity index is 1.18. The molecular formula is C22H20N2O4S. The molecule has 2 aromatic carbocycles. The molecule has 2 heterocycles. The first-order chi connectivity index (χ1) is 14.1. The molecule has 4 rings (SSSR count). The molecule has 1 aliphatic rings. The Bertz CT molecular complexity index is 1060. The quantitative estimate of drug-likeness (QED) is 0.347. The summed E-state index contributed by atoms with van der Waals surface area (Å²) in [5.41, 5.74) is 2.99. The Kier molecular flexibility index (Phi) is 5.67. The van der Waals surface area contributed by atoms with E-state index in [1.807, 2.05) is 18.2 Å². The topological polar surface area (TPSA) is 85.4 Å². The average molecular weight is 408 g/mol. The number of rotatable bonds is 8. The number of unbranched alkanes of at least 4 members (excludes halogenated alkanes) is 1. The molecule has 0 atom stereocenters. The molecule has 0 spiro atoms. The summed E-state index contributed by atoms with van der Waals surface area (Å²) < 4.78 is 6.29. The van der Waals surface area contributed by atoms with Gasteiger partial charge >= 0.3 is 5.97 Å². The molecule has 7 heteroatoms. The monoisotopic (exact) mass is 408 g/mol. The maximum atomic E-state index is 12.2. The van der Waals surface area contributed by atoms with Crippen molar-refractivity contribution in [2.45, 2.75) is 32.1 Å². The second kappa shape index (κ2) is 8.53. The second-order valence-electron chi connectivity index (χ2n) is 6.96. The minimum atomic E-state index is -0.374. The van der Waals surface area contributed by atoms with E-state index in [2.05, 4.69) is 16.4 Å². The number of amides is 1. The van der Waals surface area contributed by atoms with Gasteiger partial charge in [-0.1, -0.05) is 12.1 Å². The van der Waals surface area contributed by atoms with E-state index in [9.17, 15) is 14.4 Å². The molecule has 148 valence electrons. The molecule has 0 bridgehead atoms. The van der Waals surface area contributed by atoms with Gasteiger partial charge in [-0.3, -0.25) is 14.4 Å². The van der Waals surface area contributed by atoms with E-state index in [0.717, 1.165) is 34.6 Å². The summed E-state index contributed by atoms with van der Waals surface area (Å²) in [7, 11) is 0. The molecule has 29 heavy (non-hydrogen) atoms. The van der Waals surface area contributed by atoms with Crippen LogP contribution < -0.4 is 5.32 Å². The normalized spacial score (nSPS) is 12.6. The predicted octanol–water partition coefficient (Wildman–Crippen LogP) is 3.93. The van der Waals surface area contributed by atoms with Gasteiger partial charge in [0.05, 0.1) is 21.6 Å². The molecule has 1 aliphatic heterocycles. The van der Waals surface area contributed by atoms with Crippen LogP contribution in [0.15, 0.2) is 42.5 Å². The number of hydrogen-bond donors (Lipinski definition) is 1. The highest BCUT2D eigenvalue weighted by molar-refractivity contribution is 7.18. The summed E-state index contributed by atoms with van der Waals surface area (Å²) in [5.74, 6) is -0.725.